The number of sulfone groups is 1. The van der Waals surface area contributed by atoms with Gasteiger partial charge < -0.3 is 5.32 Å². The Morgan fingerprint density at radius 2 is 1.76 bits per heavy atom. The van der Waals surface area contributed by atoms with Gasteiger partial charge in [0.2, 0.25) is 0 Å². The predicted octanol–water partition coefficient (Wildman–Crippen LogP) is 0.884. The lowest BCUT2D eigenvalue weighted by atomic mass is 10.1. The van der Waals surface area contributed by atoms with Crippen LogP contribution in [0.15, 0.2) is 0 Å². The molecule has 0 aromatic heterocycles. The fourth-order valence-corrected chi connectivity index (χ4v) is 3.28. The Labute approximate surface area is 106 Å². The summed E-state index contributed by atoms with van der Waals surface area (Å²) >= 11 is 0. The fourth-order valence-electron chi connectivity index (χ4n) is 2.05. The number of nitrogens with zero attached hydrogens (tertiary/aromatic N) is 1. The van der Waals surface area contributed by atoms with Crippen molar-refractivity contribution in [2.24, 2.45) is 0 Å². The maximum absolute atomic E-state index is 11.4. The number of hydrogen-bond acceptors (Lipinski definition) is 4. The van der Waals surface area contributed by atoms with Gasteiger partial charge in [-0.3, -0.25) is 4.90 Å². The molecular weight excluding hydrogens is 236 g/mol. The van der Waals surface area contributed by atoms with Gasteiger partial charge >= 0.3 is 0 Å². The first-order chi connectivity index (χ1) is 7.73. The molecule has 0 aromatic carbocycles. The summed E-state index contributed by atoms with van der Waals surface area (Å²) in [5.41, 5.74) is 0.120. The summed E-state index contributed by atoms with van der Waals surface area (Å²) in [6, 6.07) is 0.449. The van der Waals surface area contributed by atoms with Gasteiger partial charge in [-0.2, -0.15) is 0 Å². The van der Waals surface area contributed by atoms with Crippen LogP contribution in [0.25, 0.3) is 0 Å². The number of nitrogens with one attached hydrogen (secondary N) is 1. The zero-order valence-corrected chi connectivity index (χ0v) is 12.3. The number of hydrogen-bond donors (Lipinski definition) is 1. The second-order valence-electron chi connectivity index (χ2n) is 5.88. The van der Waals surface area contributed by atoms with Crippen molar-refractivity contribution in [3.05, 3.63) is 0 Å². The van der Waals surface area contributed by atoms with E-state index >= 15 is 0 Å². The monoisotopic (exact) mass is 262 g/mol. The van der Waals surface area contributed by atoms with Crippen molar-refractivity contribution >= 4 is 9.84 Å². The standard InChI is InChI=1S/C12H26N2O2S/c1-5-11(10-13-12(2,3)4)14-6-8-17(15,16)9-7-14/h11,13H,5-10H2,1-4H3. The highest BCUT2D eigenvalue weighted by Gasteiger charge is 2.26. The van der Waals surface area contributed by atoms with Gasteiger partial charge in [-0.25, -0.2) is 8.42 Å². The van der Waals surface area contributed by atoms with Crippen LogP contribution in [0.4, 0.5) is 0 Å². The van der Waals surface area contributed by atoms with E-state index in [0.29, 0.717) is 30.6 Å². The third kappa shape index (κ3) is 5.36. The summed E-state index contributed by atoms with van der Waals surface area (Å²) in [4.78, 5) is 2.31. The van der Waals surface area contributed by atoms with Gasteiger partial charge in [0.05, 0.1) is 11.5 Å². The Kier molecular flexibility index (Phi) is 4.98. The Bertz CT molecular complexity index is 319. The van der Waals surface area contributed by atoms with E-state index < -0.39 is 9.84 Å². The minimum Gasteiger partial charge on any atom is -0.311 e. The van der Waals surface area contributed by atoms with Crippen LogP contribution in [-0.4, -0.2) is 56.0 Å². The lowest BCUT2D eigenvalue weighted by molar-refractivity contribution is 0.191. The summed E-state index contributed by atoms with van der Waals surface area (Å²) < 4.78 is 22.8. The molecule has 102 valence electrons. The molecule has 17 heavy (non-hydrogen) atoms. The predicted molar refractivity (Wildman–Crippen MR) is 72.1 cm³/mol. The van der Waals surface area contributed by atoms with Crippen LogP contribution in [0.1, 0.15) is 34.1 Å². The topological polar surface area (TPSA) is 49.4 Å². The summed E-state index contributed by atoms with van der Waals surface area (Å²) in [5.74, 6) is 0.637. The third-order valence-electron chi connectivity index (χ3n) is 3.23. The first-order valence-electron chi connectivity index (χ1n) is 6.43. The lowest BCUT2D eigenvalue weighted by Gasteiger charge is -2.35. The Morgan fingerprint density at radius 1 is 1.24 bits per heavy atom. The fraction of sp³-hybridized carbons (Fsp3) is 1.00. The van der Waals surface area contributed by atoms with Crippen molar-refractivity contribution in [3.63, 3.8) is 0 Å². The number of rotatable bonds is 4. The molecule has 0 aliphatic carbocycles. The maximum Gasteiger partial charge on any atom is 0.152 e. The van der Waals surface area contributed by atoms with E-state index in [0.717, 1.165) is 13.0 Å². The second kappa shape index (κ2) is 5.67. The van der Waals surface area contributed by atoms with Gasteiger partial charge in [0.25, 0.3) is 0 Å². The molecular formula is C12H26N2O2S. The average molecular weight is 262 g/mol. The van der Waals surface area contributed by atoms with E-state index in [-0.39, 0.29) is 5.54 Å². The van der Waals surface area contributed by atoms with Crippen LogP contribution in [0.5, 0.6) is 0 Å². The Balaban J connectivity index is 2.46. The van der Waals surface area contributed by atoms with Crippen molar-refractivity contribution in [3.8, 4) is 0 Å². The largest absolute Gasteiger partial charge is 0.311 e. The average Bonchev–Trinajstić information content (AvgIpc) is 2.19. The molecule has 4 nitrogen and oxygen atoms in total. The zero-order valence-electron chi connectivity index (χ0n) is 11.5. The van der Waals surface area contributed by atoms with Gasteiger partial charge in [0, 0.05) is 31.2 Å². The zero-order chi connectivity index (χ0) is 13.1. The SMILES string of the molecule is CCC(CNC(C)(C)C)N1CCS(=O)(=O)CC1. The highest BCUT2D eigenvalue weighted by Crippen LogP contribution is 2.11. The molecule has 0 spiro atoms. The summed E-state index contributed by atoms with van der Waals surface area (Å²) in [6.07, 6.45) is 1.06. The smallest absolute Gasteiger partial charge is 0.152 e. The van der Waals surface area contributed by atoms with E-state index in [1.807, 2.05) is 0 Å². The summed E-state index contributed by atoms with van der Waals surface area (Å²) in [5, 5.41) is 3.50. The molecule has 1 heterocycles. The van der Waals surface area contributed by atoms with Crippen molar-refractivity contribution in [2.45, 2.75) is 45.7 Å². The minimum absolute atomic E-state index is 0.120. The van der Waals surface area contributed by atoms with E-state index in [2.05, 4.69) is 37.9 Å². The van der Waals surface area contributed by atoms with Crippen LogP contribution in [0.3, 0.4) is 0 Å². The third-order valence-corrected chi connectivity index (χ3v) is 4.84. The molecule has 0 amide bonds. The van der Waals surface area contributed by atoms with Crippen LogP contribution in [-0.2, 0) is 9.84 Å². The Morgan fingerprint density at radius 3 is 2.18 bits per heavy atom. The molecule has 0 saturated carbocycles. The molecule has 1 saturated heterocycles. The van der Waals surface area contributed by atoms with E-state index in [9.17, 15) is 8.42 Å². The van der Waals surface area contributed by atoms with Gasteiger partial charge in [-0.15, -0.1) is 0 Å². The van der Waals surface area contributed by atoms with Crippen molar-refractivity contribution in [1.82, 2.24) is 10.2 Å². The maximum atomic E-state index is 11.4. The molecule has 0 aromatic rings. The van der Waals surface area contributed by atoms with E-state index in [4.69, 9.17) is 0 Å². The second-order valence-corrected chi connectivity index (χ2v) is 8.18. The Hall–Kier alpha value is -0.130. The molecule has 1 unspecified atom stereocenters. The van der Waals surface area contributed by atoms with Crippen LogP contribution < -0.4 is 5.32 Å². The van der Waals surface area contributed by atoms with Gasteiger partial charge in [0.15, 0.2) is 9.84 Å². The highest BCUT2D eigenvalue weighted by molar-refractivity contribution is 7.91. The molecule has 1 fully saturated rings. The molecule has 1 aliphatic heterocycles. The van der Waals surface area contributed by atoms with Gasteiger partial charge in [0.1, 0.15) is 0 Å². The van der Waals surface area contributed by atoms with Gasteiger partial charge in [-0.05, 0) is 27.2 Å². The normalized spacial score (nSPS) is 23.5. The van der Waals surface area contributed by atoms with Crippen molar-refractivity contribution in [2.75, 3.05) is 31.1 Å². The summed E-state index contributed by atoms with van der Waals surface area (Å²) in [6.45, 7) is 10.9. The first-order valence-corrected chi connectivity index (χ1v) is 8.25. The van der Waals surface area contributed by atoms with E-state index in [1.54, 1.807) is 0 Å². The molecule has 5 heteroatoms. The quantitative estimate of drug-likeness (QED) is 0.817. The molecule has 1 aliphatic rings. The van der Waals surface area contributed by atoms with Crippen LogP contribution in [0, 0.1) is 0 Å². The summed E-state index contributed by atoms with van der Waals surface area (Å²) in [7, 11) is -2.76. The highest BCUT2D eigenvalue weighted by atomic mass is 32.2. The van der Waals surface area contributed by atoms with Crippen molar-refractivity contribution < 1.29 is 8.42 Å². The first kappa shape index (κ1) is 14.9. The molecule has 1 N–H and O–H groups in total. The molecule has 1 atom stereocenters. The minimum atomic E-state index is -2.76. The van der Waals surface area contributed by atoms with Gasteiger partial charge in [-0.1, -0.05) is 6.92 Å². The van der Waals surface area contributed by atoms with Crippen molar-refractivity contribution in [1.29, 1.82) is 0 Å². The van der Waals surface area contributed by atoms with E-state index in [1.165, 1.54) is 0 Å². The molecule has 0 radical (unpaired) electrons. The molecule has 0 bridgehead atoms. The van der Waals surface area contributed by atoms with Crippen LogP contribution in [0.2, 0.25) is 0 Å². The molecule has 1 rings (SSSR count). The van der Waals surface area contributed by atoms with Crippen LogP contribution >= 0.6 is 0 Å². The lowest BCUT2D eigenvalue weighted by Crippen LogP contribution is -2.51.